The molecular formula is C14H24N4O5S. The van der Waals surface area contributed by atoms with Crippen molar-refractivity contribution in [1.29, 1.82) is 0 Å². The van der Waals surface area contributed by atoms with Gasteiger partial charge in [0.15, 0.2) is 0 Å². The highest BCUT2D eigenvalue weighted by Gasteiger charge is 2.30. The summed E-state index contributed by atoms with van der Waals surface area (Å²) in [5.74, 6) is -2.22. The molecule has 1 aromatic rings. The Labute approximate surface area is 141 Å². The third-order valence-electron chi connectivity index (χ3n) is 3.67. The Balaban J connectivity index is 2.95. The molecular weight excluding hydrogens is 336 g/mol. The summed E-state index contributed by atoms with van der Waals surface area (Å²) in [6, 6.07) is -2.22. The van der Waals surface area contributed by atoms with Gasteiger partial charge < -0.3 is 10.4 Å². The van der Waals surface area contributed by atoms with E-state index in [-0.39, 0.29) is 10.8 Å². The van der Waals surface area contributed by atoms with E-state index < -0.39 is 34.0 Å². The van der Waals surface area contributed by atoms with Crippen LogP contribution in [0.25, 0.3) is 0 Å². The van der Waals surface area contributed by atoms with E-state index in [1.165, 1.54) is 11.6 Å². The first kappa shape index (κ1) is 20.1. The van der Waals surface area contributed by atoms with Crippen molar-refractivity contribution in [3.8, 4) is 0 Å². The van der Waals surface area contributed by atoms with E-state index in [0.29, 0.717) is 11.4 Å². The number of carboxylic acid groups (broad SMARTS) is 1. The molecule has 0 aromatic carbocycles. The van der Waals surface area contributed by atoms with Crippen molar-refractivity contribution < 1.29 is 23.1 Å². The Morgan fingerprint density at radius 1 is 1.21 bits per heavy atom. The van der Waals surface area contributed by atoms with Gasteiger partial charge in [0.05, 0.1) is 17.4 Å². The molecule has 0 radical (unpaired) electrons. The summed E-state index contributed by atoms with van der Waals surface area (Å²) in [5.41, 5.74) is 0.763. The van der Waals surface area contributed by atoms with Crippen molar-refractivity contribution in [2.45, 2.75) is 51.6 Å². The average molecular weight is 360 g/mol. The largest absolute Gasteiger partial charge is 0.480 e. The Morgan fingerprint density at radius 3 is 2.12 bits per heavy atom. The lowest BCUT2D eigenvalue weighted by Gasteiger charge is -2.21. The lowest BCUT2D eigenvalue weighted by atomic mass is 10.0. The van der Waals surface area contributed by atoms with Crippen LogP contribution in [0.2, 0.25) is 0 Å². The van der Waals surface area contributed by atoms with E-state index in [9.17, 15) is 18.0 Å². The average Bonchev–Trinajstić information content (AvgIpc) is 2.68. The molecule has 0 aliphatic carbocycles. The van der Waals surface area contributed by atoms with Gasteiger partial charge in [0.25, 0.3) is 0 Å². The first-order valence-electron chi connectivity index (χ1n) is 7.44. The van der Waals surface area contributed by atoms with E-state index in [1.54, 1.807) is 34.7 Å². The van der Waals surface area contributed by atoms with Crippen LogP contribution in [-0.2, 0) is 26.7 Å². The van der Waals surface area contributed by atoms with Crippen molar-refractivity contribution in [2.75, 3.05) is 0 Å². The van der Waals surface area contributed by atoms with Gasteiger partial charge >= 0.3 is 5.97 Å². The minimum atomic E-state index is -3.96. The van der Waals surface area contributed by atoms with Gasteiger partial charge in [-0.25, -0.2) is 13.2 Å². The number of carbonyl (C=O) groups excluding carboxylic acids is 1. The lowest BCUT2D eigenvalue weighted by Crippen LogP contribution is -2.52. The maximum atomic E-state index is 12.5. The van der Waals surface area contributed by atoms with Crippen LogP contribution in [0.15, 0.2) is 4.90 Å². The molecule has 0 aliphatic rings. The molecule has 0 spiro atoms. The summed E-state index contributed by atoms with van der Waals surface area (Å²) in [5, 5.41) is 15.5. The minimum absolute atomic E-state index is 0.0169. The topological polar surface area (TPSA) is 130 Å². The third-order valence-corrected chi connectivity index (χ3v) is 5.46. The van der Waals surface area contributed by atoms with Crippen molar-refractivity contribution in [1.82, 2.24) is 19.8 Å². The molecule has 2 unspecified atom stereocenters. The molecule has 0 saturated carbocycles. The van der Waals surface area contributed by atoms with E-state index in [1.807, 2.05) is 0 Å². The van der Waals surface area contributed by atoms with Crippen LogP contribution >= 0.6 is 0 Å². The summed E-state index contributed by atoms with van der Waals surface area (Å²) in [7, 11) is -2.34. The second-order valence-corrected chi connectivity index (χ2v) is 7.69. The van der Waals surface area contributed by atoms with Crippen LogP contribution in [0.3, 0.4) is 0 Å². The number of sulfonamides is 1. The maximum Gasteiger partial charge on any atom is 0.326 e. The molecule has 0 aliphatic heterocycles. The molecule has 1 aromatic heterocycles. The smallest absolute Gasteiger partial charge is 0.326 e. The van der Waals surface area contributed by atoms with Crippen LogP contribution in [0.1, 0.15) is 32.2 Å². The number of aromatic nitrogens is 2. The number of nitrogens with one attached hydrogen (secondary N) is 2. The number of hydrogen-bond donors (Lipinski definition) is 3. The molecule has 1 heterocycles. The highest BCUT2D eigenvalue weighted by Crippen LogP contribution is 2.18. The van der Waals surface area contributed by atoms with Crippen molar-refractivity contribution in [3.05, 3.63) is 11.4 Å². The fourth-order valence-electron chi connectivity index (χ4n) is 2.28. The van der Waals surface area contributed by atoms with Gasteiger partial charge in [-0.15, -0.1) is 0 Å². The van der Waals surface area contributed by atoms with E-state index >= 15 is 0 Å². The van der Waals surface area contributed by atoms with E-state index in [2.05, 4.69) is 15.1 Å². The van der Waals surface area contributed by atoms with E-state index in [4.69, 9.17) is 5.11 Å². The van der Waals surface area contributed by atoms with Gasteiger partial charge in [-0.2, -0.15) is 9.82 Å². The van der Waals surface area contributed by atoms with Gasteiger partial charge in [-0.3, -0.25) is 9.48 Å². The maximum absolute atomic E-state index is 12.5. The molecule has 9 nitrogen and oxygen atoms in total. The Morgan fingerprint density at radius 2 is 1.75 bits per heavy atom. The third kappa shape index (κ3) is 4.32. The Bertz CT molecular complexity index is 739. The van der Waals surface area contributed by atoms with Crippen molar-refractivity contribution >= 4 is 21.9 Å². The molecule has 0 bridgehead atoms. The fourth-order valence-corrected chi connectivity index (χ4v) is 3.92. The predicted octanol–water partition coefficient (Wildman–Crippen LogP) is -0.0709. The second-order valence-electron chi connectivity index (χ2n) is 6.04. The number of hydrogen-bond acceptors (Lipinski definition) is 5. The normalized spacial score (nSPS) is 14.5. The monoisotopic (exact) mass is 360 g/mol. The molecule has 2 atom stereocenters. The number of amides is 1. The zero-order chi connectivity index (χ0) is 18.8. The van der Waals surface area contributed by atoms with Gasteiger partial charge in [0.2, 0.25) is 15.9 Å². The summed E-state index contributed by atoms with van der Waals surface area (Å²) in [6.45, 7) is 7.82. The molecule has 136 valence electrons. The standard InChI is InChI=1S/C14H24N4O5S/c1-7(2)11(14(20)21)15-13(19)9(4)17-24(22,23)12-8(3)16-18(6)10(12)5/h7,9,11,17H,1-6H3,(H,15,19)(H,20,21). The predicted molar refractivity (Wildman–Crippen MR) is 86.9 cm³/mol. The van der Waals surface area contributed by atoms with Gasteiger partial charge in [0.1, 0.15) is 10.9 Å². The number of nitrogens with zero attached hydrogens (tertiary/aromatic N) is 2. The molecule has 0 fully saturated rings. The first-order valence-corrected chi connectivity index (χ1v) is 8.92. The van der Waals surface area contributed by atoms with Crippen molar-refractivity contribution in [2.24, 2.45) is 13.0 Å². The molecule has 1 amide bonds. The number of carboxylic acids is 1. The number of aryl methyl sites for hydroxylation is 2. The highest BCUT2D eigenvalue weighted by atomic mass is 32.2. The lowest BCUT2D eigenvalue weighted by molar-refractivity contribution is -0.143. The minimum Gasteiger partial charge on any atom is -0.480 e. The number of rotatable bonds is 7. The summed E-state index contributed by atoms with van der Waals surface area (Å²) in [4.78, 5) is 23.3. The SMILES string of the molecule is Cc1nn(C)c(C)c1S(=O)(=O)NC(C)C(=O)NC(C(=O)O)C(C)C. The fraction of sp³-hybridized carbons (Fsp3) is 0.643. The van der Waals surface area contributed by atoms with E-state index in [0.717, 1.165) is 0 Å². The molecule has 1 rings (SSSR count). The summed E-state index contributed by atoms with van der Waals surface area (Å²) in [6.07, 6.45) is 0. The van der Waals surface area contributed by atoms with Crippen LogP contribution in [-0.4, -0.2) is 47.3 Å². The first-order chi connectivity index (χ1) is 10.9. The Kier molecular flexibility index (Phi) is 6.12. The van der Waals surface area contributed by atoms with Crippen LogP contribution in [0, 0.1) is 19.8 Å². The van der Waals surface area contributed by atoms with Gasteiger partial charge in [-0.1, -0.05) is 13.8 Å². The van der Waals surface area contributed by atoms with Crippen LogP contribution in [0.5, 0.6) is 0 Å². The molecule has 24 heavy (non-hydrogen) atoms. The van der Waals surface area contributed by atoms with Gasteiger partial charge in [-0.05, 0) is 26.7 Å². The molecule has 10 heteroatoms. The molecule has 0 saturated heterocycles. The zero-order valence-electron chi connectivity index (χ0n) is 14.6. The zero-order valence-corrected chi connectivity index (χ0v) is 15.4. The van der Waals surface area contributed by atoms with Gasteiger partial charge in [0, 0.05) is 7.05 Å². The number of aliphatic carboxylic acids is 1. The number of carbonyl (C=O) groups is 2. The van der Waals surface area contributed by atoms with Crippen LogP contribution in [0.4, 0.5) is 0 Å². The molecule has 3 N–H and O–H groups in total. The van der Waals surface area contributed by atoms with Crippen molar-refractivity contribution in [3.63, 3.8) is 0 Å². The Hall–Kier alpha value is -1.94. The van der Waals surface area contributed by atoms with Crippen LogP contribution < -0.4 is 10.0 Å². The quantitative estimate of drug-likeness (QED) is 0.624. The summed E-state index contributed by atoms with van der Waals surface area (Å²) < 4.78 is 28.7. The summed E-state index contributed by atoms with van der Waals surface area (Å²) >= 11 is 0. The highest BCUT2D eigenvalue weighted by molar-refractivity contribution is 7.89. The second kappa shape index (κ2) is 7.31.